The van der Waals surface area contributed by atoms with Gasteiger partial charge in [0.25, 0.3) is 0 Å². The summed E-state index contributed by atoms with van der Waals surface area (Å²) in [4.78, 5) is 4.25. The summed E-state index contributed by atoms with van der Waals surface area (Å²) in [6.45, 7) is 7.04. The lowest BCUT2D eigenvalue weighted by Crippen LogP contribution is -2.24. The normalized spacial score (nSPS) is 12.9. The van der Waals surface area contributed by atoms with E-state index in [0.29, 0.717) is 6.04 Å². The average molecular weight is 128 g/mol. The standard InChI is InChI=1S/C7H16N2/c1-6(2)9-5-7(3)8-4/h7-8H,5H2,1-4H3. The second kappa shape index (κ2) is 4.50. The maximum atomic E-state index is 4.25. The molecule has 0 aliphatic carbocycles. The van der Waals surface area contributed by atoms with E-state index in [4.69, 9.17) is 0 Å². The molecule has 0 aromatic rings. The van der Waals surface area contributed by atoms with Crippen LogP contribution in [0, 0.1) is 0 Å². The second-order valence-corrected chi connectivity index (χ2v) is 2.48. The molecule has 0 aliphatic heterocycles. The molecule has 0 aliphatic rings. The second-order valence-electron chi connectivity index (χ2n) is 2.48. The first-order valence-electron chi connectivity index (χ1n) is 3.31. The van der Waals surface area contributed by atoms with E-state index < -0.39 is 0 Å². The van der Waals surface area contributed by atoms with Crippen molar-refractivity contribution < 1.29 is 0 Å². The minimum atomic E-state index is 0.500. The van der Waals surface area contributed by atoms with Crippen LogP contribution in [0.5, 0.6) is 0 Å². The van der Waals surface area contributed by atoms with Crippen molar-refractivity contribution in [3.05, 3.63) is 0 Å². The van der Waals surface area contributed by atoms with Gasteiger partial charge in [0.15, 0.2) is 0 Å². The zero-order chi connectivity index (χ0) is 7.28. The Balaban J connectivity index is 3.37. The summed E-state index contributed by atoms with van der Waals surface area (Å²) in [5.41, 5.74) is 1.15. The average Bonchev–Trinajstić information content (AvgIpc) is 1.83. The molecule has 0 rings (SSSR count). The highest BCUT2D eigenvalue weighted by molar-refractivity contribution is 5.79. The van der Waals surface area contributed by atoms with Crippen LogP contribution in [0.15, 0.2) is 4.99 Å². The van der Waals surface area contributed by atoms with E-state index in [2.05, 4.69) is 17.2 Å². The van der Waals surface area contributed by atoms with Crippen molar-refractivity contribution in [3.8, 4) is 0 Å². The van der Waals surface area contributed by atoms with Crippen LogP contribution in [-0.2, 0) is 0 Å². The fourth-order valence-corrected chi connectivity index (χ4v) is 0.411. The van der Waals surface area contributed by atoms with Crippen LogP contribution >= 0.6 is 0 Å². The molecule has 0 saturated heterocycles. The van der Waals surface area contributed by atoms with Crippen molar-refractivity contribution in [2.24, 2.45) is 4.99 Å². The van der Waals surface area contributed by atoms with Gasteiger partial charge in [0.2, 0.25) is 0 Å². The molecule has 1 atom stereocenters. The van der Waals surface area contributed by atoms with Crippen LogP contribution < -0.4 is 5.32 Å². The van der Waals surface area contributed by atoms with Crippen molar-refractivity contribution in [2.75, 3.05) is 13.6 Å². The molecule has 1 N–H and O–H groups in total. The van der Waals surface area contributed by atoms with Crippen LogP contribution in [0.2, 0.25) is 0 Å². The van der Waals surface area contributed by atoms with Crippen LogP contribution in [0.4, 0.5) is 0 Å². The van der Waals surface area contributed by atoms with Crippen molar-refractivity contribution in [3.63, 3.8) is 0 Å². The lowest BCUT2D eigenvalue weighted by Gasteiger charge is -2.04. The van der Waals surface area contributed by atoms with Gasteiger partial charge in [0.1, 0.15) is 0 Å². The Labute approximate surface area is 57.4 Å². The zero-order valence-corrected chi connectivity index (χ0v) is 6.73. The van der Waals surface area contributed by atoms with Gasteiger partial charge in [-0.1, -0.05) is 0 Å². The Morgan fingerprint density at radius 1 is 1.56 bits per heavy atom. The number of rotatable bonds is 3. The maximum absolute atomic E-state index is 4.25. The highest BCUT2D eigenvalue weighted by Crippen LogP contribution is 1.82. The molecule has 1 unspecified atom stereocenters. The number of likely N-dealkylation sites (N-methyl/N-ethyl adjacent to an activating group) is 1. The van der Waals surface area contributed by atoms with E-state index in [1.807, 2.05) is 20.9 Å². The molecular formula is C7H16N2. The van der Waals surface area contributed by atoms with Gasteiger partial charge in [-0.2, -0.15) is 0 Å². The number of aliphatic imine (C=N–C) groups is 1. The van der Waals surface area contributed by atoms with Crippen LogP contribution in [-0.4, -0.2) is 25.3 Å². The summed E-state index contributed by atoms with van der Waals surface area (Å²) >= 11 is 0. The molecule has 9 heavy (non-hydrogen) atoms. The number of hydrogen-bond donors (Lipinski definition) is 1. The Bertz CT molecular complexity index is 93.1. The van der Waals surface area contributed by atoms with Crippen LogP contribution in [0.3, 0.4) is 0 Å². The minimum Gasteiger partial charge on any atom is -0.315 e. The maximum Gasteiger partial charge on any atom is 0.0539 e. The predicted octanol–water partition coefficient (Wildman–Crippen LogP) is 1.08. The third kappa shape index (κ3) is 5.50. The van der Waals surface area contributed by atoms with Crippen molar-refractivity contribution in [1.29, 1.82) is 0 Å². The van der Waals surface area contributed by atoms with Gasteiger partial charge in [-0.25, -0.2) is 0 Å². The lowest BCUT2D eigenvalue weighted by molar-refractivity contribution is 0.622. The largest absolute Gasteiger partial charge is 0.315 e. The van der Waals surface area contributed by atoms with E-state index in [0.717, 1.165) is 12.3 Å². The highest BCUT2D eigenvalue weighted by atomic mass is 14.9. The molecule has 0 spiro atoms. The monoisotopic (exact) mass is 128 g/mol. The summed E-state index contributed by atoms with van der Waals surface area (Å²) in [6.07, 6.45) is 0. The van der Waals surface area contributed by atoms with Gasteiger partial charge >= 0.3 is 0 Å². The fraction of sp³-hybridized carbons (Fsp3) is 0.857. The topological polar surface area (TPSA) is 24.4 Å². The molecule has 54 valence electrons. The van der Waals surface area contributed by atoms with Gasteiger partial charge in [-0.15, -0.1) is 0 Å². The molecule has 2 heteroatoms. The first-order valence-corrected chi connectivity index (χ1v) is 3.31. The van der Waals surface area contributed by atoms with Gasteiger partial charge in [-0.3, -0.25) is 4.99 Å². The zero-order valence-electron chi connectivity index (χ0n) is 6.73. The molecule has 0 saturated carbocycles. The van der Waals surface area contributed by atoms with Gasteiger partial charge < -0.3 is 5.32 Å². The lowest BCUT2D eigenvalue weighted by atomic mass is 10.3. The first-order chi connectivity index (χ1) is 4.16. The molecule has 2 nitrogen and oxygen atoms in total. The van der Waals surface area contributed by atoms with E-state index >= 15 is 0 Å². The summed E-state index contributed by atoms with van der Waals surface area (Å²) in [6, 6.07) is 0.500. The molecule has 0 radical (unpaired) electrons. The molecular weight excluding hydrogens is 112 g/mol. The summed E-state index contributed by atoms with van der Waals surface area (Å²) in [5.74, 6) is 0. The summed E-state index contributed by atoms with van der Waals surface area (Å²) in [7, 11) is 1.95. The molecule has 0 aromatic carbocycles. The Hall–Kier alpha value is -0.370. The Morgan fingerprint density at radius 2 is 2.11 bits per heavy atom. The smallest absolute Gasteiger partial charge is 0.0539 e. The van der Waals surface area contributed by atoms with Gasteiger partial charge in [0.05, 0.1) is 6.54 Å². The van der Waals surface area contributed by atoms with Crippen molar-refractivity contribution in [2.45, 2.75) is 26.8 Å². The van der Waals surface area contributed by atoms with E-state index in [1.54, 1.807) is 0 Å². The Kier molecular flexibility index (Phi) is 4.32. The van der Waals surface area contributed by atoms with Crippen LogP contribution in [0.25, 0.3) is 0 Å². The fourth-order valence-electron chi connectivity index (χ4n) is 0.411. The number of nitrogens with one attached hydrogen (secondary N) is 1. The summed E-state index contributed by atoms with van der Waals surface area (Å²) < 4.78 is 0. The van der Waals surface area contributed by atoms with Crippen LogP contribution in [0.1, 0.15) is 20.8 Å². The van der Waals surface area contributed by atoms with Crippen molar-refractivity contribution >= 4 is 5.71 Å². The Morgan fingerprint density at radius 3 is 2.44 bits per heavy atom. The van der Waals surface area contributed by atoms with Gasteiger partial charge in [0, 0.05) is 11.8 Å². The molecule has 0 bridgehead atoms. The third-order valence-electron chi connectivity index (χ3n) is 1.17. The van der Waals surface area contributed by atoms with Gasteiger partial charge in [-0.05, 0) is 27.8 Å². The van der Waals surface area contributed by atoms with Crippen molar-refractivity contribution in [1.82, 2.24) is 5.32 Å². The molecule has 0 aromatic heterocycles. The molecule has 0 fully saturated rings. The third-order valence-corrected chi connectivity index (χ3v) is 1.17. The number of hydrogen-bond acceptors (Lipinski definition) is 2. The van der Waals surface area contributed by atoms with E-state index in [1.165, 1.54) is 0 Å². The predicted molar refractivity (Wildman–Crippen MR) is 42.2 cm³/mol. The first kappa shape index (κ1) is 8.63. The summed E-state index contributed by atoms with van der Waals surface area (Å²) in [5, 5.41) is 3.11. The highest BCUT2D eigenvalue weighted by Gasteiger charge is 1.92. The number of nitrogens with zero attached hydrogens (tertiary/aromatic N) is 1. The van der Waals surface area contributed by atoms with E-state index in [-0.39, 0.29) is 0 Å². The minimum absolute atomic E-state index is 0.500. The SMILES string of the molecule is CNC(C)CN=C(C)C. The molecule has 0 heterocycles. The molecule has 0 amide bonds. The van der Waals surface area contributed by atoms with E-state index in [9.17, 15) is 0 Å². The quantitative estimate of drug-likeness (QED) is 0.565.